The highest BCUT2D eigenvalue weighted by Gasteiger charge is 2.25. The van der Waals surface area contributed by atoms with Gasteiger partial charge in [0.05, 0.1) is 10.6 Å². The Balaban J connectivity index is 1.59. The van der Waals surface area contributed by atoms with Crippen LogP contribution < -0.4 is 5.32 Å². The first kappa shape index (κ1) is 21.2. The highest BCUT2D eigenvalue weighted by molar-refractivity contribution is 7.89. The van der Waals surface area contributed by atoms with E-state index in [2.05, 4.69) is 5.32 Å². The van der Waals surface area contributed by atoms with Gasteiger partial charge in [-0.05, 0) is 56.0 Å². The molecule has 0 unspecified atom stereocenters. The van der Waals surface area contributed by atoms with E-state index in [9.17, 15) is 18.0 Å². The first-order chi connectivity index (χ1) is 13.9. The average Bonchev–Trinajstić information content (AvgIpc) is 2.73. The molecule has 3 rings (SSSR count). The van der Waals surface area contributed by atoms with Crippen LogP contribution in [0.4, 0.5) is 5.69 Å². The van der Waals surface area contributed by atoms with Gasteiger partial charge in [-0.2, -0.15) is 4.31 Å². The molecule has 1 N–H and O–H groups in total. The number of sulfonamides is 1. The van der Waals surface area contributed by atoms with Crippen molar-refractivity contribution in [1.82, 2.24) is 4.31 Å². The minimum Gasteiger partial charge on any atom is -0.325 e. The van der Waals surface area contributed by atoms with Crippen LogP contribution in [0, 0.1) is 0 Å². The van der Waals surface area contributed by atoms with Crippen molar-refractivity contribution >= 4 is 27.4 Å². The number of piperidine rings is 1. The number of hydrogen-bond donors (Lipinski definition) is 1. The number of ketones is 1. The van der Waals surface area contributed by atoms with Crippen LogP contribution in [-0.2, 0) is 21.2 Å². The average molecular weight is 415 g/mol. The molecule has 1 aliphatic rings. The Labute approximate surface area is 172 Å². The zero-order valence-electron chi connectivity index (χ0n) is 16.6. The Bertz CT molecular complexity index is 978. The van der Waals surface area contributed by atoms with Gasteiger partial charge in [-0.3, -0.25) is 9.59 Å². The summed E-state index contributed by atoms with van der Waals surface area (Å²) in [6.45, 7) is 2.61. The summed E-state index contributed by atoms with van der Waals surface area (Å²) in [4.78, 5) is 24.2. The van der Waals surface area contributed by atoms with E-state index in [1.54, 1.807) is 52.8 Å². The van der Waals surface area contributed by atoms with E-state index in [0.717, 1.165) is 24.8 Å². The number of benzene rings is 2. The molecule has 1 aliphatic heterocycles. The molecule has 2 aromatic carbocycles. The molecule has 0 radical (unpaired) electrons. The Kier molecular flexibility index (Phi) is 6.82. The van der Waals surface area contributed by atoms with Crippen molar-refractivity contribution in [3.63, 3.8) is 0 Å². The third-order valence-electron chi connectivity index (χ3n) is 5.10. The molecule has 1 saturated heterocycles. The number of carbonyl (C=O) groups excluding carboxylic acids is 2. The van der Waals surface area contributed by atoms with Crippen molar-refractivity contribution in [3.8, 4) is 0 Å². The molecule has 0 bridgehead atoms. The maximum Gasteiger partial charge on any atom is 0.243 e. The van der Waals surface area contributed by atoms with Gasteiger partial charge in [-0.25, -0.2) is 8.42 Å². The second kappa shape index (κ2) is 9.33. The van der Waals surface area contributed by atoms with Crippen LogP contribution in [0.25, 0.3) is 0 Å². The summed E-state index contributed by atoms with van der Waals surface area (Å²) in [6, 6.07) is 13.6. The molecule has 154 valence electrons. The molecule has 1 heterocycles. The van der Waals surface area contributed by atoms with Crippen LogP contribution in [0.2, 0.25) is 0 Å². The van der Waals surface area contributed by atoms with Crippen LogP contribution in [0.1, 0.15) is 48.5 Å². The number of hydrogen-bond acceptors (Lipinski definition) is 4. The Hall–Kier alpha value is -2.51. The SMILES string of the molecule is CC(=O)c1ccccc1NC(=O)CCc1ccc(S(=O)(=O)N2CCCCC2)cc1. The fourth-order valence-electron chi connectivity index (χ4n) is 3.45. The van der Waals surface area contributed by atoms with E-state index >= 15 is 0 Å². The van der Waals surface area contributed by atoms with Crippen LogP contribution in [-0.4, -0.2) is 37.5 Å². The number of para-hydroxylation sites is 1. The van der Waals surface area contributed by atoms with Gasteiger partial charge in [0, 0.05) is 25.1 Å². The zero-order chi connectivity index (χ0) is 20.9. The van der Waals surface area contributed by atoms with Crippen LogP contribution >= 0.6 is 0 Å². The van der Waals surface area contributed by atoms with Crippen LogP contribution in [0.5, 0.6) is 0 Å². The van der Waals surface area contributed by atoms with Crippen molar-refractivity contribution in [2.45, 2.75) is 43.9 Å². The van der Waals surface area contributed by atoms with Crippen molar-refractivity contribution in [2.24, 2.45) is 0 Å². The molecule has 0 aliphatic carbocycles. The lowest BCUT2D eigenvalue weighted by Crippen LogP contribution is -2.35. The predicted molar refractivity (Wildman–Crippen MR) is 112 cm³/mol. The predicted octanol–water partition coefficient (Wildman–Crippen LogP) is 3.64. The van der Waals surface area contributed by atoms with E-state index in [4.69, 9.17) is 0 Å². The van der Waals surface area contributed by atoms with Gasteiger partial charge >= 0.3 is 0 Å². The van der Waals surface area contributed by atoms with E-state index in [1.807, 2.05) is 0 Å². The molecule has 0 saturated carbocycles. The van der Waals surface area contributed by atoms with Crippen molar-refractivity contribution in [3.05, 3.63) is 59.7 Å². The fraction of sp³-hybridized carbons (Fsp3) is 0.364. The number of nitrogens with zero attached hydrogens (tertiary/aromatic N) is 1. The second-order valence-corrected chi connectivity index (χ2v) is 9.20. The molecule has 29 heavy (non-hydrogen) atoms. The highest BCUT2D eigenvalue weighted by atomic mass is 32.2. The van der Waals surface area contributed by atoms with Gasteiger partial charge in [-0.1, -0.05) is 30.7 Å². The van der Waals surface area contributed by atoms with Crippen molar-refractivity contribution < 1.29 is 18.0 Å². The first-order valence-electron chi connectivity index (χ1n) is 9.87. The van der Waals surface area contributed by atoms with Crippen molar-refractivity contribution in [2.75, 3.05) is 18.4 Å². The molecule has 2 aromatic rings. The maximum atomic E-state index is 12.7. The van der Waals surface area contributed by atoms with Crippen molar-refractivity contribution in [1.29, 1.82) is 0 Å². The maximum absolute atomic E-state index is 12.7. The third kappa shape index (κ3) is 5.31. The summed E-state index contributed by atoms with van der Waals surface area (Å²) in [5.74, 6) is -0.296. The summed E-state index contributed by atoms with van der Waals surface area (Å²) < 4.78 is 26.9. The summed E-state index contributed by atoms with van der Waals surface area (Å²) in [7, 11) is -3.44. The van der Waals surface area contributed by atoms with Gasteiger partial charge < -0.3 is 5.32 Å². The lowest BCUT2D eigenvalue weighted by molar-refractivity contribution is -0.116. The minimum atomic E-state index is -3.44. The van der Waals surface area contributed by atoms with Gasteiger partial charge in [0.15, 0.2) is 5.78 Å². The quantitative estimate of drug-likeness (QED) is 0.701. The van der Waals surface area contributed by atoms with E-state index < -0.39 is 10.0 Å². The van der Waals surface area contributed by atoms with E-state index in [0.29, 0.717) is 35.7 Å². The topological polar surface area (TPSA) is 83.5 Å². The number of rotatable bonds is 7. The molecular formula is C22H26N2O4S. The second-order valence-electron chi connectivity index (χ2n) is 7.26. The normalized spacial score (nSPS) is 15.1. The molecule has 0 aromatic heterocycles. The van der Waals surface area contributed by atoms with Crippen LogP contribution in [0.3, 0.4) is 0 Å². The third-order valence-corrected chi connectivity index (χ3v) is 7.01. The number of carbonyl (C=O) groups is 2. The Morgan fingerprint density at radius 3 is 2.28 bits per heavy atom. The fourth-order valence-corrected chi connectivity index (χ4v) is 4.97. The molecule has 1 amide bonds. The summed E-state index contributed by atoms with van der Waals surface area (Å²) >= 11 is 0. The monoisotopic (exact) mass is 414 g/mol. The Morgan fingerprint density at radius 1 is 0.966 bits per heavy atom. The number of Topliss-reactive ketones (excluding diaryl/α,β-unsaturated/α-hetero) is 1. The lowest BCUT2D eigenvalue weighted by Gasteiger charge is -2.25. The van der Waals surface area contributed by atoms with Gasteiger partial charge in [-0.15, -0.1) is 0 Å². The smallest absolute Gasteiger partial charge is 0.243 e. The Morgan fingerprint density at radius 2 is 1.62 bits per heavy atom. The van der Waals surface area contributed by atoms with Gasteiger partial charge in [0.2, 0.25) is 15.9 Å². The first-order valence-corrected chi connectivity index (χ1v) is 11.3. The molecule has 0 atom stereocenters. The molecule has 7 heteroatoms. The molecule has 6 nitrogen and oxygen atoms in total. The van der Waals surface area contributed by atoms with Gasteiger partial charge in [0.25, 0.3) is 0 Å². The number of aryl methyl sites for hydroxylation is 1. The van der Waals surface area contributed by atoms with E-state index in [-0.39, 0.29) is 18.1 Å². The number of nitrogens with one attached hydrogen (secondary N) is 1. The van der Waals surface area contributed by atoms with Gasteiger partial charge in [0.1, 0.15) is 0 Å². The lowest BCUT2D eigenvalue weighted by atomic mass is 10.1. The number of amides is 1. The molecular weight excluding hydrogens is 388 g/mol. The highest BCUT2D eigenvalue weighted by Crippen LogP contribution is 2.21. The minimum absolute atomic E-state index is 0.105. The summed E-state index contributed by atoms with van der Waals surface area (Å²) in [5.41, 5.74) is 1.87. The standard InChI is InChI=1S/C22H26N2O4S/c1-17(25)20-7-3-4-8-21(20)23-22(26)14-11-18-9-12-19(13-10-18)29(27,28)24-15-5-2-6-16-24/h3-4,7-10,12-13H,2,5-6,11,14-16H2,1H3,(H,23,26). The number of anilines is 1. The summed E-state index contributed by atoms with van der Waals surface area (Å²) in [6.07, 6.45) is 3.60. The molecule has 0 spiro atoms. The molecule has 1 fully saturated rings. The zero-order valence-corrected chi connectivity index (χ0v) is 17.4. The van der Waals surface area contributed by atoms with Crippen LogP contribution in [0.15, 0.2) is 53.4 Å². The summed E-state index contributed by atoms with van der Waals surface area (Å²) in [5, 5.41) is 2.78. The van der Waals surface area contributed by atoms with E-state index in [1.165, 1.54) is 6.92 Å². The largest absolute Gasteiger partial charge is 0.325 e.